The molecule has 16 nitrogen and oxygen atoms in total. The van der Waals surface area contributed by atoms with Gasteiger partial charge in [0.15, 0.2) is 0 Å². The molecule has 0 bridgehead atoms. The van der Waals surface area contributed by atoms with Gasteiger partial charge < -0.3 is 49.8 Å². The molecule has 4 amide bonds. The van der Waals surface area contributed by atoms with Crippen LogP contribution in [-0.4, -0.2) is 103 Å². The minimum atomic E-state index is -0.737. The number of ether oxygens (including phenoxy) is 2. The molecule has 1 saturated heterocycles. The summed E-state index contributed by atoms with van der Waals surface area (Å²) < 4.78 is 9.53. The summed E-state index contributed by atoms with van der Waals surface area (Å²) in [5, 5.41) is 7.39. The van der Waals surface area contributed by atoms with Crippen molar-refractivity contribution in [2.45, 2.75) is 85.0 Å². The molecule has 6 rings (SSSR count). The van der Waals surface area contributed by atoms with Crippen LogP contribution in [0, 0.1) is 11.8 Å². The largest absolute Gasteiger partial charge is 0.453 e. The maximum Gasteiger partial charge on any atom is 0.407 e. The van der Waals surface area contributed by atoms with Crippen LogP contribution in [0.5, 0.6) is 0 Å². The van der Waals surface area contributed by atoms with Crippen LogP contribution in [0.25, 0.3) is 44.6 Å². The maximum atomic E-state index is 13.7. The molecule has 16 heteroatoms. The summed E-state index contributed by atoms with van der Waals surface area (Å²) in [5.41, 5.74) is 5.20. The lowest BCUT2D eigenvalue weighted by molar-refractivity contribution is -0.137. The maximum absolute atomic E-state index is 13.7. The van der Waals surface area contributed by atoms with Crippen molar-refractivity contribution >= 4 is 45.8 Å². The topological polar surface area (TPSA) is 206 Å². The number of fused-ring (bicyclic) bond motifs is 2. The first kappa shape index (κ1) is 38.9. The lowest BCUT2D eigenvalue weighted by Crippen LogP contribution is -2.52. The van der Waals surface area contributed by atoms with Crippen LogP contribution in [0.1, 0.15) is 84.5 Å². The number of nitrogens with one attached hydrogen (secondary N) is 6. The average Bonchev–Trinajstić information content (AvgIpc) is 4.01. The number of hydrogen-bond donors (Lipinski definition) is 6. The smallest absolute Gasteiger partial charge is 0.407 e. The van der Waals surface area contributed by atoms with Crippen molar-refractivity contribution in [2.75, 3.05) is 27.3 Å². The molecule has 1 fully saturated rings. The van der Waals surface area contributed by atoms with E-state index in [1.165, 1.54) is 14.2 Å². The first-order chi connectivity index (χ1) is 26.3. The highest BCUT2D eigenvalue weighted by molar-refractivity contribution is 5.99. The summed E-state index contributed by atoms with van der Waals surface area (Å²) in [6.07, 6.45) is 4.60. The number of hydrogen-bond acceptors (Lipinski definition) is 8. The first-order valence-corrected chi connectivity index (χ1v) is 18.9. The van der Waals surface area contributed by atoms with E-state index in [0.717, 1.165) is 63.8 Å². The Morgan fingerprint density at radius 2 is 1.36 bits per heavy atom. The van der Waals surface area contributed by atoms with Gasteiger partial charge in [-0.2, -0.15) is 0 Å². The van der Waals surface area contributed by atoms with Crippen LogP contribution in [0.3, 0.4) is 0 Å². The third-order valence-corrected chi connectivity index (χ3v) is 10.4. The predicted octanol–water partition coefficient (Wildman–Crippen LogP) is 6.15. The molecule has 55 heavy (non-hydrogen) atoms. The summed E-state index contributed by atoms with van der Waals surface area (Å²) in [7, 11) is 2.56. The molecule has 1 aliphatic heterocycles. The number of H-pyrrole nitrogens is 4. The monoisotopic (exact) mass is 756 g/mol. The van der Waals surface area contributed by atoms with Gasteiger partial charge >= 0.3 is 12.2 Å². The molecule has 0 spiro atoms. The Kier molecular flexibility index (Phi) is 11.5. The second-order valence-electron chi connectivity index (χ2n) is 14.9. The van der Waals surface area contributed by atoms with E-state index in [9.17, 15) is 19.2 Å². The van der Waals surface area contributed by atoms with Gasteiger partial charge in [0.1, 0.15) is 23.7 Å². The molecule has 0 saturated carbocycles. The number of carbonyl (C=O) groups is 4. The molecule has 1 aromatic carbocycles. The lowest BCUT2D eigenvalue weighted by Gasteiger charge is -2.33. The van der Waals surface area contributed by atoms with Crippen LogP contribution in [0.2, 0.25) is 0 Å². The fraction of sp³-hybridized carbons (Fsp3) is 0.487. The van der Waals surface area contributed by atoms with E-state index >= 15 is 0 Å². The molecular weight excluding hydrogens is 704 g/mol. The zero-order chi connectivity index (χ0) is 39.6. The summed E-state index contributed by atoms with van der Waals surface area (Å²) in [6, 6.07) is 6.26. The highest BCUT2D eigenvalue weighted by atomic mass is 16.5. The van der Waals surface area contributed by atoms with Gasteiger partial charge in [0.2, 0.25) is 11.8 Å². The third kappa shape index (κ3) is 8.03. The Morgan fingerprint density at radius 3 is 1.93 bits per heavy atom. The van der Waals surface area contributed by atoms with Gasteiger partial charge in [-0.15, -0.1) is 0 Å². The number of methoxy groups -OCH3 is 2. The number of likely N-dealkylation sites (tertiary alicyclic amines) is 1. The van der Waals surface area contributed by atoms with E-state index in [-0.39, 0.29) is 35.7 Å². The zero-order valence-electron chi connectivity index (χ0n) is 32.7. The minimum absolute atomic E-state index is 0.116. The normalized spacial score (nSPS) is 16.1. The molecule has 5 aromatic rings. The molecular formula is C39H52N10O6. The van der Waals surface area contributed by atoms with Gasteiger partial charge in [0.05, 0.1) is 61.5 Å². The van der Waals surface area contributed by atoms with Gasteiger partial charge in [-0.3, -0.25) is 9.59 Å². The molecule has 4 aromatic heterocycles. The number of nitrogens with zero attached hydrogens (tertiary/aromatic N) is 4. The van der Waals surface area contributed by atoms with E-state index < -0.39 is 24.3 Å². The van der Waals surface area contributed by atoms with Gasteiger partial charge in [-0.1, -0.05) is 34.6 Å². The Morgan fingerprint density at radius 1 is 0.800 bits per heavy atom. The highest BCUT2D eigenvalue weighted by Crippen LogP contribution is 2.34. The quantitative estimate of drug-likeness (QED) is 0.0819. The number of amides is 4. The zero-order valence-corrected chi connectivity index (χ0v) is 32.7. The third-order valence-electron chi connectivity index (χ3n) is 10.4. The van der Waals surface area contributed by atoms with Crippen molar-refractivity contribution in [1.29, 1.82) is 0 Å². The summed E-state index contributed by atoms with van der Waals surface area (Å²) in [4.78, 5) is 78.0. The molecule has 1 aliphatic rings. The van der Waals surface area contributed by atoms with Crippen molar-refractivity contribution in [1.82, 2.24) is 50.3 Å². The Bertz CT molecular complexity index is 2110. The SMILES string of the molecule is CCCN(C(=O)C(NC(=O)OC)C(C)C)C(C)c1ncc(-c2cc3cc4[nH]c(-c5cnc(C6CCCN6C(=O)C(NC(=O)OC)C(C)C)[nH]5)cc4cc3[nH]2)[nH]1. The molecule has 6 N–H and O–H groups in total. The number of carbonyl (C=O) groups excluding carboxylic acids is 4. The second-order valence-corrected chi connectivity index (χ2v) is 14.9. The predicted molar refractivity (Wildman–Crippen MR) is 208 cm³/mol. The van der Waals surface area contributed by atoms with E-state index in [4.69, 9.17) is 9.47 Å². The van der Waals surface area contributed by atoms with Crippen molar-refractivity contribution in [3.05, 3.63) is 48.3 Å². The van der Waals surface area contributed by atoms with E-state index in [1.807, 2.05) is 41.5 Å². The minimum Gasteiger partial charge on any atom is -0.453 e. The molecule has 0 radical (unpaired) electrons. The summed E-state index contributed by atoms with van der Waals surface area (Å²) in [6.45, 7) is 12.6. The van der Waals surface area contributed by atoms with Crippen molar-refractivity contribution in [3.63, 3.8) is 0 Å². The number of alkyl carbamates (subject to hydrolysis) is 2. The second kappa shape index (κ2) is 16.3. The van der Waals surface area contributed by atoms with E-state index in [2.05, 4.69) is 64.8 Å². The molecule has 5 heterocycles. The van der Waals surface area contributed by atoms with Crippen LogP contribution < -0.4 is 10.6 Å². The van der Waals surface area contributed by atoms with Gasteiger partial charge in [-0.25, -0.2) is 19.6 Å². The van der Waals surface area contributed by atoms with E-state index in [1.54, 1.807) is 22.2 Å². The Labute approximate surface area is 319 Å². The number of rotatable bonds is 13. The van der Waals surface area contributed by atoms with Crippen molar-refractivity contribution in [2.24, 2.45) is 11.8 Å². The fourth-order valence-corrected chi connectivity index (χ4v) is 7.33. The van der Waals surface area contributed by atoms with Crippen LogP contribution >= 0.6 is 0 Å². The Balaban J connectivity index is 1.19. The van der Waals surface area contributed by atoms with Gasteiger partial charge in [0.25, 0.3) is 0 Å². The molecule has 4 atom stereocenters. The standard InChI is InChI=1S/C39H52N10O6/c1-9-12-48(36(50)32(20(2)3)46-38(52)54-7)22(6)34-40-18-29(44-34)27-16-23-14-26-24(15-25(23)42-27)17-28(43-26)30-19-41-35(45-30)31-11-10-13-49(31)37(51)33(21(4)5)47-39(53)55-8/h14-22,31-33,42-43H,9-13H2,1-8H3,(H,40,44)(H,41,45)(H,46,52)(H,47,53). The fourth-order valence-electron chi connectivity index (χ4n) is 7.33. The molecule has 4 unspecified atom stereocenters. The highest BCUT2D eigenvalue weighted by Gasteiger charge is 2.38. The van der Waals surface area contributed by atoms with Crippen molar-refractivity contribution < 1.29 is 28.7 Å². The summed E-state index contributed by atoms with van der Waals surface area (Å²) in [5.74, 6) is 0.728. The number of benzene rings is 1. The van der Waals surface area contributed by atoms with Gasteiger partial charge in [-0.05, 0) is 62.3 Å². The molecule has 294 valence electrons. The van der Waals surface area contributed by atoms with Gasteiger partial charge in [0, 0.05) is 34.9 Å². The van der Waals surface area contributed by atoms with Crippen molar-refractivity contribution in [3.8, 4) is 22.8 Å². The number of aromatic amines is 4. The first-order valence-electron chi connectivity index (χ1n) is 18.9. The Hall–Kier alpha value is -5.80. The van der Waals surface area contributed by atoms with E-state index in [0.29, 0.717) is 24.7 Å². The number of aromatic nitrogens is 6. The lowest BCUT2D eigenvalue weighted by atomic mass is 10.0. The summed E-state index contributed by atoms with van der Waals surface area (Å²) >= 11 is 0. The van der Waals surface area contributed by atoms with Crippen LogP contribution in [0.4, 0.5) is 9.59 Å². The average molecular weight is 757 g/mol. The van der Waals surface area contributed by atoms with Crippen LogP contribution in [0.15, 0.2) is 36.7 Å². The number of imidazole rings is 2. The molecule has 0 aliphatic carbocycles. The van der Waals surface area contributed by atoms with Crippen LogP contribution in [-0.2, 0) is 19.1 Å².